The van der Waals surface area contributed by atoms with Crippen molar-refractivity contribution in [1.82, 2.24) is 5.32 Å². The Hall–Kier alpha value is -0.820. The highest BCUT2D eigenvalue weighted by Crippen LogP contribution is 2.23. The van der Waals surface area contributed by atoms with E-state index in [4.69, 9.17) is 0 Å². The van der Waals surface area contributed by atoms with Crippen molar-refractivity contribution in [3.05, 3.63) is 34.9 Å². The van der Waals surface area contributed by atoms with E-state index < -0.39 is 0 Å². The lowest BCUT2D eigenvalue weighted by molar-refractivity contribution is 0.302. The molecule has 0 spiro atoms. The van der Waals surface area contributed by atoms with Crippen molar-refractivity contribution in [2.24, 2.45) is 5.41 Å². The molecule has 0 aliphatic heterocycles. The molecule has 19 heavy (non-hydrogen) atoms. The highest BCUT2D eigenvalue weighted by atomic mass is 14.9. The van der Waals surface area contributed by atoms with Gasteiger partial charge in [0.15, 0.2) is 0 Å². The Kier molecular flexibility index (Phi) is 6.57. The second-order valence-corrected chi connectivity index (χ2v) is 6.65. The van der Waals surface area contributed by atoms with E-state index in [1.807, 2.05) is 0 Å². The largest absolute Gasteiger partial charge is 0.312 e. The second-order valence-electron chi connectivity index (χ2n) is 6.65. The molecule has 108 valence electrons. The smallest absolute Gasteiger partial charge is 0.0208 e. The molecule has 0 bridgehead atoms. The molecule has 0 saturated carbocycles. The average Bonchev–Trinajstić information content (AvgIpc) is 2.32. The summed E-state index contributed by atoms with van der Waals surface area (Å²) in [5, 5.41) is 3.63. The SMILES string of the molecule is CCCCCC(C)(C)CNCc1ccc(C)cc1C. The van der Waals surface area contributed by atoms with Crippen molar-refractivity contribution in [3.8, 4) is 0 Å². The maximum atomic E-state index is 3.63. The summed E-state index contributed by atoms with van der Waals surface area (Å²) >= 11 is 0. The van der Waals surface area contributed by atoms with Crippen LogP contribution in [0.1, 0.15) is 63.1 Å². The normalized spacial score (nSPS) is 11.8. The van der Waals surface area contributed by atoms with Gasteiger partial charge in [-0.25, -0.2) is 0 Å². The van der Waals surface area contributed by atoms with Gasteiger partial charge in [0.25, 0.3) is 0 Å². The fraction of sp³-hybridized carbons (Fsp3) is 0.667. The molecule has 0 atom stereocenters. The molecule has 0 aromatic heterocycles. The van der Waals surface area contributed by atoms with E-state index in [9.17, 15) is 0 Å². The molecule has 1 aromatic rings. The molecule has 0 unspecified atom stereocenters. The number of hydrogen-bond acceptors (Lipinski definition) is 1. The van der Waals surface area contributed by atoms with E-state index in [1.165, 1.54) is 42.4 Å². The van der Waals surface area contributed by atoms with Gasteiger partial charge in [-0.1, -0.05) is 63.8 Å². The zero-order valence-electron chi connectivity index (χ0n) is 13.5. The fourth-order valence-corrected chi connectivity index (χ4v) is 2.52. The third kappa shape index (κ3) is 6.24. The van der Waals surface area contributed by atoms with Crippen molar-refractivity contribution in [2.45, 2.75) is 66.8 Å². The monoisotopic (exact) mass is 261 g/mol. The van der Waals surface area contributed by atoms with Crippen LogP contribution in [-0.4, -0.2) is 6.54 Å². The summed E-state index contributed by atoms with van der Waals surface area (Å²) in [6.45, 7) is 13.5. The first-order valence-electron chi connectivity index (χ1n) is 7.71. The zero-order valence-corrected chi connectivity index (χ0v) is 13.5. The molecule has 0 saturated heterocycles. The van der Waals surface area contributed by atoms with Crippen LogP contribution in [0.4, 0.5) is 0 Å². The van der Waals surface area contributed by atoms with Gasteiger partial charge in [-0.05, 0) is 36.8 Å². The third-order valence-corrected chi connectivity index (χ3v) is 3.87. The van der Waals surface area contributed by atoms with Gasteiger partial charge in [0.2, 0.25) is 0 Å². The molecule has 0 fully saturated rings. The van der Waals surface area contributed by atoms with E-state index in [-0.39, 0.29) is 0 Å². The van der Waals surface area contributed by atoms with Gasteiger partial charge < -0.3 is 5.32 Å². The van der Waals surface area contributed by atoms with E-state index >= 15 is 0 Å². The molecule has 1 N–H and O–H groups in total. The van der Waals surface area contributed by atoms with Crippen LogP contribution in [-0.2, 0) is 6.54 Å². The minimum Gasteiger partial charge on any atom is -0.312 e. The Labute approximate surface area is 119 Å². The summed E-state index contributed by atoms with van der Waals surface area (Å²) < 4.78 is 0. The zero-order chi connectivity index (χ0) is 14.3. The predicted molar refractivity (Wildman–Crippen MR) is 85.5 cm³/mol. The summed E-state index contributed by atoms with van der Waals surface area (Å²) in [5.41, 5.74) is 4.58. The van der Waals surface area contributed by atoms with Crippen LogP contribution in [0.3, 0.4) is 0 Å². The summed E-state index contributed by atoms with van der Waals surface area (Å²) in [7, 11) is 0. The first kappa shape index (κ1) is 16.2. The maximum absolute atomic E-state index is 3.63. The Balaban J connectivity index is 2.36. The fourth-order valence-electron chi connectivity index (χ4n) is 2.52. The van der Waals surface area contributed by atoms with Crippen molar-refractivity contribution in [2.75, 3.05) is 6.54 Å². The lowest BCUT2D eigenvalue weighted by Crippen LogP contribution is -2.29. The lowest BCUT2D eigenvalue weighted by Gasteiger charge is -2.25. The molecule has 0 radical (unpaired) electrons. The Morgan fingerprint density at radius 2 is 1.84 bits per heavy atom. The number of benzene rings is 1. The summed E-state index contributed by atoms with van der Waals surface area (Å²) in [6, 6.07) is 6.72. The van der Waals surface area contributed by atoms with Crippen LogP contribution in [0.25, 0.3) is 0 Å². The summed E-state index contributed by atoms with van der Waals surface area (Å²) in [5.74, 6) is 0. The van der Waals surface area contributed by atoms with Crippen LogP contribution in [0.2, 0.25) is 0 Å². The van der Waals surface area contributed by atoms with E-state index in [2.05, 4.69) is 58.1 Å². The summed E-state index contributed by atoms with van der Waals surface area (Å²) in [4.78, 5) is 0. The van der Waals surface area contributed by atoms with E-state index in [0.29, 0.717) is 5.41 Å². The first-order valence-corrected chi connectivity index (χ1v) is 7.71. The molecule has 0 aliphatic rings. The van der Waals surface area contributed by atoms with Crippen LogP contribution in [0, 0.1) is 19.3 Å². The predicted octanol–water partition coefficient (Wildman–Crippen LogP) is 5.00. The van der Waals surface area contributed by atoms with Crippen LogP contribution in [0.15, 0.2) is 18.2 Å². The Bertz CT molecular complexity index is 379. The molecule has 1 rings (SSSR count). The van der Waals surface area contributed by atoms with Gasteiger partial charge in [0.05, 0.1) is 0 Å². The number of unbranched alkanes of at least 4 members (excludes halogenated alkanes) is 2. The van der Waals surface area contributed by atoms with Gasteiger partial charge in [0.1, 0.15) is 0 Å². The van der Waals surface area contributed by atoms with Crippen molar-refractivity contribution in [1.29, 1.82) is 0 Å². The first-order chi connectivity index (χ1) is 8.94. The van der Waals surface area contributed by atoms with Crippen LogP contribution >= 0.6 is 0 Å². The third-order valence-electron chi connectivity index (χ3n) is 3.87. The van der Waals surface area contributed by atoms with Gasteiger partial charge in [-0.15, -0.1) is 0 Å². The molecule has 1 heteroatoms. The minimum absolute atomic E-state index is 0.410. The van der Waals surface area contributed by atoms with Gasteiger partial charge >= 0.3 is 0 Å². The molecule has 1 aromatic carbocycles. The van der Waals surface area contributed by atoms with Crippen LogP contribution < -0.4 is 5.32 Å². The van der Waals surface area contributed by atoms with Crippen molar-refractivity contribution < 1.29 is 0 Å². The average molecular weight is 261 g/mol. The Morgan fingerprint density at radius 1 is 1.11 bits per heavy atom. The quantitative estimate of drug-likeness (QED) is 0.649. The number of hydrogen-bond donors (Lipinski definition) is 1. The Morgan fingerprint density at radius 3 is 2.47 bits per heavy atom. The molecule has 0 amide bonds. The standard InChI is InChI=1S/C18H31N/c1-6-7-8-11-18(4,5)14-19-13-17-10-9-15(2)12-16(17)3/h9-10,12,19H,6-8,11,13-14H2,1-5H3. The molecular formula is C18H31N. The highest BCUT2D eigenvalue weighted by molar-refractivity contribution is 5.30. The molecule has 0 heterocycles. The molecule has 0 aliphatic carbocycles. The topological polar surface area (TPSA) is 12.0 Å². The number of nitrogens with one attached hydrogen (secondary N) is 1. The van der Waals surface area contributed by atoms with Crippen molar-refractivity contribution in [3.63, 3.8) is 0 Å². The maximum Gasteiger partial charge on any atom is 0.0208 e. The lowest BCUT2D eigenvalue weighted by atomic mass is 9.87. The van der Waals surface area contributed by atoms with Gasteiger partial charge in [-0.3, -0.25) is 0 Å². The van der Waals surface area contributed by atoms with Crippen molar-refractivity contribution >= 4 is 0 Å². The summed E-state index contributed by atoms with van der Waals surface area (Å²) in [6.07, 6.45) is 5.35. The van der Waals surface area contributed by atoms with Gasteiger partial charge in [-0.2, -0.15) is 0 Å². The number of aryl methyl sites for hydroxylation is 2. The minimum atomic E-state index is 0.410. The highest BCUT2D eigenvalue weighted by Gasteiger charge is 2.16. The van der Waals surface area contributed by atoms with Gasteiger partial charge in [0, 0.05) is 13.1 Å². The number of rotatable bonds is 8. The van der Waals surface area contributed by atoms with E-state index in [1.54, 1.807) is 0 Å². The molecule has 1 nitrogen and oxygen atoms in total. The second kappa shape index (κ2) is 7.69. The molecular weight excluding hydrogens is 230 g/mol. The van der Waals surface area contributed by atoms with Crippen LogP contribution in [0.5, 0.6) is 0 Å². The van der Waals surface area contributed by atoms with E-state index in [0.717, 1.165) is 13.1 Å².